The minimum atomic E-state index is -0.0370. The summed E-state index contributed by atoms with van der Waals surface area (Å²) in [4.78, 5) is 28.5. The van der Waals surface area contributed by atoms with Gasteiger partial charge in [-0.05, 0) is 24.8 Å². The average molecular weight is 302 g/mol. The summed E-state index contributed by atoms with van der Waals surface area (Å²) in [5.41, 5.74) is 1.03. The largest absolute Gasteiger partial charge is 0.345 e. The van der Waals surface area contributed by atoms with Crippen molar-refractivity contribution in [3.63, 3.8) is 0 Å². The molecule has 1 aromatic carbocycles. The molecule has 4 nitrogen and oxygen atoms in total. The van der Waals surface area contributed by atoms with Crippen LogP contribution in [-0.2, 0) is 16.0 Å². The van der Waals surface area contributed by atoms with Gasteiger partial charge in [-0.2, -0.15) is 0 Å². The van der Waals surface area contributed by atoms with Crippen LogP contribution in [0.2, 0.25) is 0 Å². The summed E-state index contributed by atoms with van der Waals surface area (Å²) in [6.45, 7) is 4.19. The maximum atomic E-state index is 12.4. The van der Waals surface area contributed by atoms with Gasteiger partial charge in [0.1, 0.15) is 0 Å². The minimum absolute atomic E-state index is 0.0370. The first-order chi connectivity index (χ1) is 10.6. The van der Waals surface area contributed by atoms with Crippen LogP contribution in [0.1, 0.15) is 31.7 Å². The highest BCUT2D eigenvalue weighted by molar-refractivity contribution is 5.82. The minimum Gasteiger partial charge on any atom is -0.345 e. The predicted octanol–water partition coefficient (Wildman–Crippen LogP) is 2.34. The Morgan fingerprint density at radius 2 is 2.00 bits per heavy atom. The number of hydrogen-bond acceptors (Lipinski definition) is 2. The monoisotopic (exact) mass is 302 g/mol. The molecule has 1 fully saturated rings. The Morgan fingerprint density at radius 3 is 2.68 bits per heavy atom. The highest BCUT2D eigenvalue weighted by Gasteiger charge is 2.29. The molecule has 1 saturated heterocycles. The highest BCUT2D eigenvalue weighted by atomic mass is 16.2. The quantitative estimate of drug-likeness (QED) is 0.837. The molecule has 0 spiro atoms. The summed E-state index contributed by atoms with van der Waals surface area (Å²) in [7, 11) is 1.86. The van der Waals surface area contributed by atoms with Gasteiger partial charge >= 0.3 is 0 Å². The van der Waals surface area contributed by atoms with Crippen molar-refractivity contribution in [2.45, 2.75) is 32.6 Å². The van der Waals surface area contributed by atoms with E-state index in [1.54, 1.807) is 4.90 Å². The van der Waals surface area contributed by atoms with E-state index in [1.807, 2.05) is 42.3 Å². The fourth-order valence-electron chi connectivity index (χ4n) is 3.04. The second-order valence-electron chi connectivity index (χ2n) is 6.10. The van der Waals surface area contributed by atoms with Gasteiger partial charge in [0.25, 0.3) is 0 Å². The van der Waals surface area contributed by atoms with Crippen LogP contribution in [0.15, 0.2) is 30.3 Å². The lowest BCUT2D eigenvalue weighted by atomic mass is 9.96. The van der Waals surface area contributed by atoms with Gasteiger partial charge in [-0.15, -0.1) is 0 Å². The summed E-state index contributed by atoms with van der Waals surface area (Å²) in [6.07, 6.45) is 3.19. The Hall–Kier alpha value is -1.84. The summed E-state index contributed by atoms with van der Waals surface area (Å²) in [5, 5.41) is 0. The molecule has 22 heavy (non-hydrogen) atoms. The van der Waals surface area contributed by atoms with E-state index < -0.39 is 0 Å². The SMILES string of the molecule is CCCN(C)C(=O)C1CCCN(C(=O)Cc2ccccc2)C1. The number of benzene rings is 1. The zero-order valence-electron chi connectivity index (χ0n) is 13.6. The van der Waals surface area contributed by atoms with Crippen molar-refractivity contribution in [1.82, 2.24) is 9.80 Å². The molecular formula is C18H26N2O2. The molecule has 0 bridgehead atoms. The van der Waals surface area contributed by atoms with E-state index in [0.29, 0.717) is 13.0 Å². The van der Waals surface area contributed by atoms with Gasteiger partial charge in [-0.3, -0.25) is 9.59 Å². The lowest BCUT2D eigenvalue weighted by Crippen LogP contribution is -2.46. The summed E-state index contributed by atoms with van der Waals surface area (Å²) in [6, 6.07) is 9.79. The summed E-state index contributed by atoms with van der Waals surface area (Å²) < 4.78 is 0. The van der Waals surface area contributed by atoms with Crippen molar-refractivity contribution >= 4 is 11.8 Å². The Labute approximate surface area is 133 Å². The molecular weight excluding hydrogens is 276 g/mol. The molecule has 0 aliphatic carbocycles. The van der Waals surface area contributed by atoms with E-state index in [2.05, 4.69) is 6.92 Å². The van der Waals surface area contributed by atoms with Gasteiger partial charge in [-0.25, -0.2) is 0 Å². The van der Waals surface area contributed by atoms with Gasteiger partial charge in [0.15, 0.2) is 0 Å². The van der Waals surface area contributed by atoms with E-state index in [1.165, 1.54) is 0 Å². The first-order valence-electron chi connectivity index (χ1n) is 8.18. The first-order valence-corrected chi connectivity index (χ1v) is 8.18. The summed E-state index contributed by atoms with van der Waals surface area (Å²) in [5.74, 6) is 0.269. The van der Waals surface area contributed by atoms with Crippen molar-refractivity contribution in [3.8, 4) is 0 Å². The maximum Gasteiger partial charge on any atom is 0.227 e. The van der Waals surface area contributed by atoms with Crippen LogP contribution in [0.5, 0.6) is 0 Å². The molecule has 1 aromatic rings. The Morgan fingerprint density at radius 1 is 1.27 bits per heavy atom. The third-order valence-electron chi connectivity index (χ3n) is 4.26. The molecule has 1 aliphatic heterocycles. The van der Waals surface area contributed by atoms with Gasteiger partial charge in [0.2, 0.25) is 11.8 Å². The molecule has 0 aromatic heterocycles. The van der Waals surface area contributed by atoms with Gasteiger partial charge in [0.05, 0.1) is 12.3 Å². The van der Waals surface area contributed by atoms with Crippen LogP contribution in [0.3, 0.4) is 0 Å². The number of amides is 2. The molecule has 120 valence electrons. The lowest BCUT2D eigenvalue weighted by molar-refractivity contribution is -0.139. The zero-order chi connectivity index (χ0) is 15.9. The molecule has 2 amide bonds. The smallest absolute Gasteiger partial charge is 0.227 e. The number of piperidine rings is 1. The predicted molar refractivity (Wildman–Crippen MR) is 87.4 cm³/mol. The topological polar surface area (TPSA) is 40.6 Å². The van der Waals surface area contributed by atoms with Crippen LogP contribution < -0.4 is 0 Å². The van der Waals surface area contributed by atoms with Crippen molar-refractivity contribution < 1.29 is 9.59 Å². The number of nitrogens with zero attached hydrogens (tertiary/aromatic N) is 2. The van der Waals surface area contributed by atoms with Crippen molar-refractivity contribution in [3.05, 3.63) is 35.9 Å². The molecule has 1 unspecified atom stereocenters. The molecule has 2 rings (SSSR count). The van der Waals surface area contributed by atoms with Crippen molar-refractivity contribution in [1.29, 1.82) is 0 Å². The second kappa shape index (κ2) is 7.97. The van der Waals surface area contributed by atoms with Crippen LogP contribution in [-0.4, -0.2) is 48.3 Å². The van der Waals surface area contributed by atoms with E-state index in [-0.39, 0.29) is 17.7 Å². The zero-order valence-corrected chi connectivity index (χ0v) is 13.6. The van der Waals surface area contributed by atoms with E-state index in [4.69, 9.17) is 0 Å². The number of likely N-dealkylation sites (tertiary alicyclic amines) is 1. The van der Waals surface area contributed by atoms with Gasteiger partial charge in [-0.1, -0.05) is 37.3 Å². The number of carbonyl (C=O) groups excluding carboxylic acids is 2. The molecule has 4 heteroatoms. The van der Waals surface area contributed by atoms with Crippen LogP contribution in [0.4, 0.5) is 0 Å². The maximum absolute atomic E-state index is 12.4. The van der Waals surface area contributed by atoms with Gasteiger partial charge < -0.3 is 9.80 Å². The standard InChI is InChI=1S/C18H26N2O2/c1-3-11-19(2)18(22)16-10-7-12-20(14-16)17(21)13-15-8-5-4-6-9-15/h4-6,8-9,16H,3,7,10-14H2,1-2H3. The Bertz CT molecular complexity index is 501. The fourth-order valence-corrected chi connectivity index (χ4v) is 3.04. The number of hydrogen-bond donors (Lipinski definition) is 0. The third-order valence-corrected chi connectivity index (χ3v) is 4.26. The second-order valence-corrected chi connectivity index (χ2v) is 6.10. The van der Waals surface area contributed by atoms with Crippen LogP contribution in [0.25, 0.3) is 0 Å². The Kier molecular flexibility index (Phi) is 5.99. The van der Waals surface area contributed by atoms with E-state index >= 15 is 0 Å². The third kappa shape index (κ3) is 4.33. The molecule has 1 heterocycles. The van der Waals surface area contributed by atoms with Crippen molar-refractivity contribution in [2.75, 3.05) is 26.7 Å². The first kappa shape index (κ1) is 16.5. The van der Waals surface area contributed by atoms with Gasteiger partial charge in [0, 0.05) is 26.7 Å². The van der Waals surface area contributed by atoms with Crippen LogP contribution in [0, 0.1) is 5.92 Å². The Balaban J connectivity index is 1.92. The highest BCUT2D eigenvalue weighted by Crippen LogP contribution is 2.19. The number of rotatable bonds is 5. The number of carbonyl (C=O) groups is 2. The molecule has 1 atom stereocenters. The molecule has 0 radical (unpaired) electrons. The van der Waals surface area contributed by atoms with Crippen molar-refractivity contribution in [2.24, 2.45) is 5.92 Å². The summed E-state index contributed by atoms with van der Waals surface area (Å²) >= 11 is 0. The molecule has 0 N–H and O–H groups in total. The fraction of sp³-hybridized carbons (Fsp3) is 0.556. The van der Waals surface area contributed by atoms with E-state index in [0.717, 1.165) is 37.9 Å². The van der Waals surface area contributed by atoms with Crippen LogP contribution >= 0.6 is 0 Å². The lowest BCUT2D eigenvalue weighted by Gasteiger charge is -2.34. The average Bonchev–Trinajstić information content (AvgIpc) is 2.55. The van der Waals surface area contributed by atoms with E-state index in [9.17, 15) is 9.59 Å². The normalized spacial score (nSPS) is 18.1. The molecule has 0 saturated carbocycles. The molecule has 1 aliphatic rings.